The Balaban J connectivity index is 1.79. The Morgan fingerprint density at radius 2 is 1.53 bits per heavy atom. The highest BCUT2D eigenvalue weighted by molar-refractivity contribution is 5.95. The lowest BCUT2D eigenvalue weighted by Gasteiger charge is -2.18. The minimum Gasteiger partial charge on any atom is -0.375 e. The highest BCUT2D eigenvalue weighted by Crippen LogP contribution is 2.12. The number of anilines is 1. The number of carbonyl (C=O) groups excluding carboxylic acids is 1. The number of hydrogen-bond acceptors (Lipinski definition) is 2. The molecule has 0 saturated carbocycles. The van der Waals surface area contributed by atoms with E-state index in [9.17, 15) is 4.79 Å². The summed E-state index contributed by atoms with van der Waals surface area (Å²) in [6, 6.07) is 19.7. The molecule has 0 fully saturated rings. The van der Waals surface area contributed by atoms with Crippen LogP contribution in [-0.2, 0) is 0 Å². The summed E-state index contributed by atoms with van der Waals surface area (Å²) in [6.45, 7) is 0.891. The van der Waals surface area contributed by atoms with Crippen molar-refractivity contribution >= 4 is 11.5 Å². The van der Waals surface area contributed by atoms with E-state index in [-0.39, 0.29) is 5.78 Å². The van der Waals surface area contributed by atoms with Crippen molar-refractivity contribution in [2.45, 2.75) is 12.8 Å². The third kappa shape index (κ3) is 3.95. The van der Waals surface area contributed by atoms with Crippen LogP contribution in [0.2, 0.25) is 0 Å². The quantitative estimate of drug-likeness (QED) is 0.730. The third-order valence-electron chi connectivity index (χ3n) is 3.19. The van der Waals surface area contributed by atoms with E-state index in [4.69, 9.17) is 0 Å². The first-order chi connectivity index (χ1) is 9.27. The number of carbonyl (C=O) groups is 1. The molecule has 0 spiro atoms. The first kappa shape index (κ1) is 13.3. The van der Waals surface area contributed by atoms with Gasteiger partial charge in [-0.25, -0.2) is 0 Å². The van der Waals surface area contributed by atoms with Crippen molar-refractivity contribution < 1.29 is 4.79 Å². The summed E-state index contributed by atoms with van der Waals surface area (Å²) < 4.78 is 0. The molecule has 0 amide bonds. The Bertz CT molecular complexity index is 507. The molecule has 2 nitrogen and oxygen atoms in total. The van der Waals surface area contributed by atoms with Crippen molar-refractivity contribution in [3.05, 3.63) is 66.2 Å². The summed E-state index contributed by atoms with van der Waals surface area (Å²) in [4.78, 5) is 14.1. The van der Waals surface area contributed by atoms with Crippen LogP contribution >= 0.6 is 0 Å². The van der Waals surface area contributed by atoms with Crippen LogP contribution in [-0.4, -0.2) is 19.4 Å². The van der Waals surface area contributed by atoms with Gasteiger partial charge >= 0.3 is 0 Å². The fraction of sp³-hybridized carbons (Fsp3) is 0.235. The maximum absolute atomic E-state index is 11.9. The number of para-hydroxylation sites is 1. The van der Waals surface area contributed by atoms with Crippen molar-refractivity contribution in [2.75, 3.05) is 18.5 Å². The normalized spacial score (nSPS) is 10.2. The molecule has 0 aliphatic rings. The van der Waals surface area contributed by atoms with Gasteiger partial charge in [-0.3, -0.25) is 4.79 Å². The number of ketones is 1. The molecule has 2 rings (SSSR count). The van der Waals surface area contributed by atoms with Crippen molar-refractivity contribution in [3.8, 4) is 0 Å². The maximum Gasteiger partial charge on any atom is 0.162 e. The highest BCUT2D eigenvalue weighted by atomic mass is 16.1. The first-order valence-electron chi connectivity index (χ1n) is 6.62. The Hall–Kier alpha value is -2.09. The number of benzene rings is 2. The fourth-order valence-corrected chi connectivity index (χ4v) is 2.06. The minimum atomic E-state index is 0.224. The first-order valence-corrected chi connectivity index (χ1v) is 6.62. The van der Waals surface area contributed by atoms with Crippen LogP contribution in [0.4, 0.5) is 5.69 Å². The largest absolute Gasteiger partial charge is 0.375 e. The van der Waals surface area contributed by atoms with Gasteiger partial charge in [0, 0.05) is 31.3 Å². The lowest BCUT2D eigenvalue weighted by Crippen LogP contribution is -2.19. The summed E-state index contributed by atoms with van der Waals surface area (Å²) in [5.41, 5.74) is 2.00. The summed E-state index contributed by atoms with van der Waals surface area (Å²) in [5, 5.41) is 0. The van der Waals surface area contributed by atoms with Crippen molar-refractivity contribution in [3.63, 3.8) is 0 Å². The van der Waals surface area contributed by atoms with Crippen molar-refractivity contribution in [1.29, 1.82) is 0 Å². The van der Waals surface area contributed by atoms with Crippen LogP contribution in [0.25, 0.3) is 0 Å². The summed E-state index contributed by atoms with van der Waals surface area (Å²) in [5.74, 6) is 0.224. The second-order valence-corrected chi connectivity index (χ2v) is 4.65. The van der Waals surface area contributed by atoms with Gasteiger partial charge in [0.15, 0.2) is 5.78 Å². The molecule has 0 aliphatic carbocycles. The average molecular weight is 253 g/mol. The van der Waals surface area contributed by atoms with Gasteiger partial charge in [-0.1, -0.05) is 48.5 Å². The summed E-state index contributed by atoms with van der Waals surface area (Å²) in [6.07, 6.45) is 1.47. The van der Waals surface area contributed by atoms with E-state index >= 15 is 0 Å². The van der Waals surface area contributed by atoms with Gasteiger partial charge in [0.2, 0.25) is 0 Å². The Morgan fingerprint density at radius 1 is 0.947 bits per heavy atom. The number of hydrogen-bond donors (Lipinski definition) is 0. The zero-order valence-electron chi connectivity index (χ0n) is 11.3. The highest BCUT2D eigenvalue weighted by Gasteiger charge is 2.06. The van der Waals surface area contributed by atoms with Crippen molar-refractivity contribution in [1.82, 2.24) is 0 Å². The van der Waals surface area contributed by atoms with Gasteiger partial charge in [0.25, 0.3) is 0 Å². The molecule has 19 heavy (non-hydrogen) atoms. The van der Waals surface area contributed by atoms with Crippen molar-refractivity contribution in [2.24, 2.45) is 0 Å². The lowest BCUT2D eigenvalue weighted by atomic mass is 10.1. The molecule has 0 atom stereocenters. The lowest BCUT2D eigenvalue weighted by molar-refractivity contribution is 0.0981. The molecule has 0 bridgehead atoms. The Labute approximate surface area is 114 Å². The molecule has 0 heterocycles. The monoisotopic (exact) mass is 253 g/mol. The molecule has 2 heteroatoms. The number of nitrogens with zero attached hydrogens (tertiary/aromatic N) is 1. The molecule has 0 aromatic heterocycles. The molecule has 0 radical (unpaired) electrons. The molecular weight excluding hydrogens is 234 g/mol. The van der Waals surface area contributed by atoms with Crippen LogP contribution in [0.1, 0.15) is 23.2 Å². The fourth-order valence-electron chi connectivity index (χ4n) is 2.06. The van der Waals surface area contributed by atoms with E-state index < -0.39 is 0 Å². The minimum absolute atomic E-state index is 0.224. The Morgan fingerprint density at radius 3 is 2.16 bits per heavy atom. The third-order valence-corrected chi connectivity index (χ3v) is 3.19. The Kier molecular flexibility index (Phi) is 4.73. The van der Waals surface area contributed by atoms with E-state index in [1.165, 1.54) is 5.69 Å². The summed E-state index contributed by atoms with van der Waals surface area (Å²) >= 11 is 0. The molecule has 0 unspecified atom stereocenters. The maximum atomic E-state index is 11.9. The van der Waals surface area contributed by atoms with Crippen LogP contribution in [0.3, 0.4) is 0 Å². The molecular formula is C17H19NO. The molecule has 0 N–H and O–H groups in total. The second-order valence-electron chi connectivity index (χ2n) is 4.65. The van der Waals surface area contributed by atoms with E-state index in [0.29, 0.717) is 6.42 Å². The molecule has 98 valence electrons. The van der Waals surface area contributed by atoms with Gasteiger partial charge < -0.3 is 4.90 Å². The predicted octanol–water partition coefficient (Wildman–Crippen LogP) is 3.79. The molecule has 0 saturated heterocycles. The van der Waals surface area contributed by atoms with Gasteiger partial charge in [0.05, 0.1) is 0 Å². The van der Waals surface area contributed by atoms with E-state index in [2.05, 4.69) is 24.1 Å². The smallest absolute Gasteiger partial charge is 0.162 e. The van der Waals surface area contributed by atoms with Crippen LogP contribution in [0.15, 0.2) is 60.7 Å². The van der Waals surface area contributed by atoms with Gasteiger partial charge in [-0.05, 0) is 18.6 Å². The van der Waals surface area contributed by atoms with Crippen LogP contribution < -0.4 is 4.90 Å². The average Bonchev–Trinajstić information content (AvgIpc) is 2.49. The molecule has 2 aromatic carbocycles. The van der Waals surface area contributed by atoms with Crippen LogP contribution in [0, 0.1) is 0 Å². The summed E-state index contributed by atoms with van der Waals surface area (Å²) in [7, 11) is 2.06. The van der Waals surface area contributed by atoms with Gasteiger partial charge in [-0.15, -0.1) is 0 Å². The predicted molar refractivity (Wildman–Crippen MR) is 79.7 cm³/mol. The number of rotatable bonds is 6. The second kappa shape index (κ2) is 6.74. The van der Waals surface area contributed by atoms with E-state index in [1.807, 2.05) is 48.5 Å². The zero-order valence-corrected chi connectivity index (χ0v) is 11.3. The van der Waals surface area contributed by atoms with Gasteiger partial charge in [0.1, 0.15) is 0 Å². The van der Waals surface area contributed by atoms with E-state index in [1.54, 1.807) is 0 Å². The van der Waals surface area contributed by atoms with Gasteiger partial charge in [-0.2, -0.15) is 0 Å². The molecule has 0 aliphatic heterocycles. The zero-order chi connectivity index (χ0) is 13.5. The van der Waals surface area contributed by atoms with E-state index in [0.717, 1.165) is 18.5 Å². The standard InChI is InChI=1S/C17H19NO/c1-18(16-11-6-3-7-12-16)14-8-13-17(19)15-9-4-2-5-10-15/h2-7,9-12H,8,13-14H2,1H3. The van der Waals surface area contributed by atoms with Crippen LogP contribution in [0.5, 0.6) is 0 Å². The molecule has 2 aromatic rings. The SMILES string of the molecule is CN(CCCC(=O)c1ccccc1)c1ccccc1. The number of Topliss-reactive ketones (excluding diaryl/α,β-unsaturated/α-hetero) is 1. The topological polar surface area (TPSA) is 20.3 Å².